The van der Waals surface area contributed by atoms with Crippen molar-refractivity contribution < 1.29 is 9.59 Å². The van der Waals surface area contributed by atoms with E-state index in [0.29, 0.717) is 25.9 Å². The normalized spacial score (nSPS) is 11.9. The van der Waals surface area contributed by atoms with Gasteiger partial charge in [-0.15, -0.1) is 0 Å². The van der Waals surface area contributed by atoms with Crippen LogP contribution in [0.15, 0.2) is 11.8 Å². The monoisotopic (exact) mass is 241 g/mol. The first-order chi connectivity index (χ1) is 7.88. The molecule has 98 valence electrons. The molecule has 0 radical (unpaired) electrons. The smallest absolute Gasteiger partial charge is 0.318 e. The first kappa shape index (κ1) is 15.5. The predicted molar refractivity (Wildman–Crippen MR) is 68.4 cm³/mol. The van der Waals surface area contributed by atoms with Crippen molar-refractivity contribution in [1.29, 1.82) is 0 Å². The van der Waals surface area contributed by atoms with Crippen LogP contribution in [0.2, 0.25) is 0 Å². The lowest BCUT2D eigenvalue weighted by Crippen LogP contribution is -2.34. The van der Waals surface area contributed by atoms with Gasteiger partial charge in [-0.3, -0.25) is 4.79 Å². The van der Waals surface area contributed by atoms with Crippen LogP contribution >= 0.6 is 0 Å². The number of urea groups is 1. The van der Waals surface area contributed by atoms with Crippen LogP contribution in [0.1, 0.15) is 34.1 Å². The van der Waals surface area contributed by atoms with Gasteiger partial charge in [-0.05, 0) is 18.8 Å². The number of rotatable bonds is 6. The van der Waals surface area contributed by atoms with Crippen LogP contribution in [0.3, 0.4) is 0 Å². The highest BCUT2D eigenvalue weighted by Crippen LogP contribution is 2.23. The Morgan fingerprint density at radius 2 is 1.88 bits per heavy atom. The number of hydrogen-bond acceptors (Lipinski definition) is 2. The molecule has 0 unspecified atom stereocenters. The Labute approximate surface area is 103 Å². The summed E-state index contributed by atoms with van der Waals surface area (Å²) < 4.78 is 0. The van der Waals surface area contributed by atoms with E-state index >= 15 is 0 Å². The molecule has 5 nitrogen and oxygen atoms in total. The Hall–Kier alpha value is -1.52. The van der Waals surface area contributed by atoms with Gasteiger partial charge in [-0.2, -0.15) is 0 Å². The molecule has 3 N–H and O–H groups in total. The molecular formula is C12H23N3O2. The van der Waals surface area contributed by atoms with Gasteiger partial charge >= 0.3 is 6.03 Å². The fraction of sp³-hybridized carbons (Fsp3) is 0.667. The summed E-state index contributed by atoms with van der Waals surface area (Å²) >= 11 is 0. The van der Waals surface area contributed by atoms with E-state index in [2.05, 4.69) is 36.7 Å². The van der Waals surface area contributed by atoms with Crippen LogP contribution in [0.4, 0.5) is 4.79 Å². The predicted octanol–water partition coefficient (Wildman–Crippen LogP) is 1.37. The maximum absolute atomic E-state index is 11.4. The molecule has 0 aliphatic carbocycles. The van der Waals surface area contributed by atoms with Crippen LogP contribution in [-0.2, 0) is 4.79 Å². The van der Waals surface area contributed by atoms with Crippen molar-refractivity contribution in [3.05, 3.63) is 11.8 Å². The van der Waals surface area contributed by atoms with E-state index in [0.717, 1.165) is 5.57 Å². The summed E-state index contributed by atoms with van der Waals surface area (Å²) in [4.78, 5) is 21.3. The van der Waals surface area contributed by atoms with Crippen LogP contribution < -0.4 is 16.0 Å². The summed E-state index contributed by atoms with van der Waals surface area (Å²) in [7, 11) is 0. The van der Waals surface area contributed by atoms with E-state index in [-0.39, 0.29) is 11.4 Å². The van der Waals surface area contributed by atoms with Gasteiger partial charge in [-0.1, -0.05) is 26.3 Å². The highest BCUT2D eigenvalue weighted by atomic mass is 16.2. The first-order valence-corrected chi connectivity index (χ1v) is 5.76. The molecule has 0 fully saturated rings. The average molecular weight is 241 g/mol. The van der Waals surface area contributed by atoms with Gasteiger partial charge < -0.3 is 16.0 Å². The van der Waals surface area contributed by atoms with Gasteiger partial charge in [-0.25, -0.2) is 4.79 Å². The Kier molecular flexibility index (Phi) is 7.02. The maximum atomic E-state index is 11.4. The molecule has 0 atom stereocenters. The molecule has 3 amide bonds. The molecule has 0 saturated carbocycles. The SMILES string of the molecule is C/C(=C\NC(=O)NCCCNC=O)C(C)(C)C. The van der Waals surface area contributed by atoms with Gasteiger partial charge in [0, 0.05) is 19.3 Å². The molecule has 0 aromatic carbocycles. The minimum Gasteiger partial charge on any atom is -0.359 e. The van der Waals surface area contributed by atoms with Crippen molar-refractivity contribution >= 4 is 12.4 Å². The zero-order chi connectivity index (χ0) is 13.3. The number of allylic oxidation sites excluding steroid dienone is 1. The summed E-state index contributed by atoms with van der Waals surface area (Å²) in [6.07, 6.45) is 3.09. The van der Waals surface area contributed by atoms with E-state index in [1.54, 1.807) is 6.20 Å². The lowest BCUT2D eigenvalue weighted by molar-refractivity contribution is -0.109. The molecule has 0 aliphatic rings. The highest BCUT2D eigenvalue weighted by Gasteiger charge is 2.12. The molecule has 0 heterocycles. The molecule has 0 aromatic rings. The molecule has 5 heteroatoms. The molecular weight excluding hydrogens is 218 g/mol. The third-order valence-electron chi connectivity index (χ3n) is 2.47. The second-order valence-corrected chi connectivity index (χ2v) is 4.90. The second kappa shape index (κ2) is 7.70. The highest BCUT2D eigenvalue weighted by molar-refractivity contribution is 5.74. The summed E-state index contributed by atoms with van der Waals surface area (Å²) in [6, 6.07) is -0.222. The van der Waals surface area contributed by atoms with E-state index < -0.39 is 0 Å². The molecule has 0 rings (SSSR count). The Morgan fingerprint density at radius 3 is 2.41 bits per heavy atom. The second-order valence-electron chi connectivity index (χ2n) is 4.90. The van der Waals surface area contributed by atoms with Crippen LogP contribution in [-0.4, -0.2) is 25.5 Å². The first-order valence-electron chi connectivity index (χ1n) is 5.76. The minimum absolute atomic E-state index is 0.0567. The van der Waals surface area contributed by atoms with Gasteiger partial charge in [0.15, 0.2) is 0 Å². The van der Waals surface area contributed by atoms with Gasteiger partial charge in [0.25, 0.3) is 0 Å². The van der Waals surface area contributed by atoms with Gasteiger partial charge in [0.05, 0.1) is 0 Å². The van der Waals surface area contributed by atoms with E-state index in [9.17, 15) is 9.59 Å². The van der Waals surface area contributed by atoms with E-state index in [4.69, 9.17) is 0 Å². The zero-order valence-corrected chi connectivity index (χ0v) is 11.1. The van der Waals surface area contributed by atoms with E-state index in [1.165, 1.54) is 0 Å². The third-order valence-corrected chi connectivity index (χ3v) is 2.47. The molecule has 0 bridgehead atoms. The molecule has 17 heavy (non-hydrogen) atoms. The lowest BCUT2D eigenvalue weighted by atomic mass is 9.88. The van der Waals surface area contributed by atoms with Crippen molar-refractivity contribution in [2.24, 2.45) is 5.41 Å². The zero-order valence-electron chi connectivity index (χ0n) is 11.1. The fourth-order valence-corrected chi connectivity index (χ4v) is 0.893. The van der Waals surface area contributed by atoms with Crippen molar-refractivity contribution in [2.75, 3.05) is 13.1 Å². The number of carbonyl (C=O) groups excluding carboxylic acids is 2. The fourth-order valence-electron chi connectivity index (χ4n) is 0.893. The standard InChI is InChI=1S/C12H23N3O2/c1-10(12(2,3)4)8-15-11(17)14-7-5-6-13-9-16/h8-9H,5-7H2,1-4H3,(H,13,16)(H2,14,15,17)/b10-8+. The molecule has 0 aliphatic heterocycles. The molecule has 0 aromatic heterocycles. The number of hydrogen-bond donors (Lipinski definition) is 3. The van der Waals surface area contributed by atoms with Gasteiger partial charge in [0.2, 0.25) is 6.41 Å². The summed E-state index contributed by atoms with van der Waals surface area (Å²) in [5.74, 6) is 0. The average Bonchev–Trinajstić information content (AvgIpc) is 2.24. The molecule has 0 spiro atoms. The number of carbonyl (C=O) groups is 2. The van der Waals surface area contributed by atoms with Crippen LogP contribution in [0.25, 0.3) is 0 Å². The lowest BCUT2D eigenvalue weighted by Gasteiger charge is -2.19. The maximum Gasteiger partial charge on any atom is 0.318 e. The third kappa shape index (κ3) is 8.30. The number of amides is 3. The Balaban J connectivity index is 3.77. The Bertz CT molecular complexity index is 280. The van der Waals surface area contributed by atoms with Crippen molar-refractivity contribution in [3.8, 4) is 0 Å². The quantitative estimate of drug-likeness (QED) is 0.485. The van der Waals surface area contributed by atoms with Crippen molar-refractivity contribution in [2.45, 2.75) is 34.1 Å². The van der Waals surface area contributed by atoms with Crippen molar-refractivity contribution in [3.63, 3.8) is 0 Å². The van der Waals surface area contributed by atoms with Crippen LogP contribution in [0, 0.1) is 5.41 Å². The Morgan fingerprint density at radius 1 is 1.24 bits per heavy atom. The topological polar surface area (TPSA) is 70.2 Å². The minimum atomic E-state index is -0.222. The van der Waals surface area contributed by atoms with Crippen LogP contribution in [0.5, 0.6) is 0 Å². The van der Waals surface area contributed by atoms with Crippen molar-refractivity contribution in [1.82, 2.24) is 16.0 Å². The number of nitrogens with one attached hydrogen (secondary N) is 3. The van der Waals surface area contributed by atoms with Gasteiger partial charge in [0.1, 0.15) is 0 Å². The summed E-state index contributed by atoms with van der Waals surface area (Å²) in [6.45, 7) is 9.35. The summed E-state index contributed by atoms with van der Waals surface area (Å²) in [5, 5.41) is 7.90. The van der Waals surface area contributed by atoms with E-state index in [1.807, 2.05) is 6.92 Å². The summed E-state index contributed by atoms with van der Waals surface area (Å²) in [5.41, 5.74) is 1.16. The largest absolute Gasteiger partial charge is 0.359 e. The molecule has 0 saturated heterocycles.